The Bertz CT molecular complexity index is 1180. The average Bonchev–Trinajstić information content (AvgIpc) is 2.71. The summed E-state index contributed by atoms with van der Waals surface area (Å²) in [6.45, 7) is 8.81. The molecule has 0 radical (unpaired) electrons. The van der Waals surface area contributed by atoms with Crippen LogP contribution in [0.5, 0.6) is 0 Å². The molecular formula is C32H34. The molecule has 4 rings (SSSR count). The van der Waals surface area contributed by atoms with E-state index in [9.17, 15) is 0 Å². The minimum Gasteiger partial charge on any atom is -0.0622 e. The minimum absolute atomic E-state index is 0.988. The van der Waals surface area contributed by atoms with E-state index in [0.29, 0.717) is 0 Å². The molecular weight excluding hydrogens is 384 g/mol. The predicted octanol–water partition coefficient (Wildman–Crippen LogP) is 7.89. The molecule has 0 aliphatic carbocycles. The maximum Gasteiger partial charge on any atom is -0.00254 e. The molecule has 0 unspecified atom stereocenters. The van der Waals surface area contributed by atoms with Gasteiger partial charge in [0.2, 0.25) is 0 Å². The SMILES string of the molecule is Cc1cc(C)cc(Cc2cc(C)cc(Cc3cc(C)cc(CCc4ccccc4)c3)c2)c1. The largest absolute Gasteiger partial charge is 0.0622 e. The monoisotopic (exact) mass is 418 g/mol. The molecule has 0 aliphatic rings. The molecule has 0 saturated carbocycles. The molecule has 0 atom stereocenters. The van der Waals surface area contributed by atoms with E-state index in [1.807, 2.05) is 0 Å². The summed E-state index contributed by atoms with van der Waals surface area (Å²) in [6, 6.07) is 31.8. The maximum absolute atomic E-state index is 2.40. The lowest BCUT2D eigenvalue weighted by molar-refractivity contribution is 0.952. The first-order valence-corrected chi connectivity index (χ1v) is 11.7. The fourth-order valence-corrected chi connectivity index (χ4v) is 4.92. The van der Waals surface area contributed by atoms with E-state index >= 15 is 0 Å². The van der Waals surface area contributed by atoms with Crippen LogP contribution in [0.1, 0.15) is 55.6 Å². The molecule has 0 saturated heterocycles. The van der Waals surface area contributed by atoms with Crippen LogP contribution in [-0.2, 0) is 25.7 Å². The van der Waals surface area contributed by atoms with Gasteiger partial charge in [-0.05, 0) is 86.8 Å². The fraction of sp³-hybridized carbons (Fsp3) is 0.250. The van der Waals surface area contributed by atoms with Gasteiger partial charge in [0.05, 0.1) is 0 Å². The van der Waals surface area contributed by atoms with Crippen LogP contribution < -0.4 is 0 Å². The normalized spacial score (nSPS) is 11.0. The highest BCUT2D eigenvalue weighted by Crippen LogP contribution is 2.21. The Morgan fingerprint density at radius 2 is 0.750 bits per heavy atom. The molecule has 0 aliphatic heterocycles. The van der Waals surface area contributed by atoms with Crippen molar-refractivity contribution in [2.75, 3.05) is 0 Å². The smallest absolute Gasteiger partial charge is 0.00254 e. The molecule has 4 aromatic rings. The van der Waals surface area contributed by atoms with E-state index in [-0.39, 0.29) is 0 Å². The molecule has 162 valence electrons. The number of hydrogen-bond donors (Lipinski definition) is 0. The molecule has 0 N–H and O–H groups in total. The van der Waals surface area contributed by atoms with Gasteiger partial charge in [0.15, 0.2) is 0 Å². The number of aryl methyl sites for hydroxylation is 6. The molecule has 0 amide bonds. The van der Waals surface area contributed by atoms with Crippen LogP contribution in [0.2, 0.25) is 0 Å². The standard InChI is InChI=1S/C32H34/c1-23-12-24(2)15-29(14-23)20-31-17-26(4)18-32(22-31)21-30-16-25(3)13-28(19-30)11-10-27-8-6-5-7-9-27/h5-9,12-19,22H,10-11,20-21H2,1-4H3. The van der Waals surface area contributed by atoms with Crippen LogP contribution in [0.3, 0.4) is 0 Å². The summed E-state index contributed by atoms with van der Waals surface area (Å²) < 4.78 is 0. The van der Waals surface area contributed by atoms with Gasteiger partial charge >= 0.3 is 0 Å². The Morgan fingerprint density at radius 1 is 0.375 bits per heavy atom. The van der Waals surface area contributed by atoms with Crippen molar-refractivity contribution in [3.05, 3.63) is 141 Å². The maximum atomic E-state index is 2.40. The average molecular weight is 419 g/mol. The first-order chi connectivity index (χ1) is 15.4. The van der Waals surface area contributed by atoms with Gasteiger partial charge in [-0.15, -0.1) is 0 Å². The number of benzene rings is 4. The lowest BCUT2D eigenvalue weighted by Crippen LogP contribution is -1.98. The first kappa shape index (κ1) is 22.1. The molecule has 0 heteroatoms. The van der Waals surface area contributed by atoms with Gasteiger partial charge < -0.3 is 0 Å². The van der Waals surface area contributed by atoms with Crippen molar-refractivity contribution < 1.29 is 0 Å². The van der Waals surface area contributed by atoms with E-state index < -0.39 is 0 Å². The highest BCUT2D eigenvalue weighted by molar-refractivity contribution is 5.39. The van der Waals surface area contributed by atoms with Crippen molar-refractivity contribution in [2.45, 2.75) is 53.4 Å². The second kappa shape index (κ2) is 10.0. The molecule has 0 nitrogen and oxygen atoms in total. The van der Waals surface area contributed by atoms with Gasteiger partial charge in [0, 0.05) is 0 Å². The third-order valence-corrected chi connectivity index (χ3v) is 6.04. The highest BCUT2D eigenvalue weighted by Gasteiger charge is 2.06. The van der Waals surface area contributed by atoms with Crippen LogP contribution in [0, 0.1) is 27.7 Å². The van der Waals surface area contributed by atoms with Crippen LogP contribution in [0.25, 0.3) is 0 Å². The van der Waals surface area contributed by atoms with Crippen molar-refractivity contribution in [2.24, 2.45) is 0 Å². The second-order valence-electron chi connectivity index (χ2n) is 9.49. The minimum atomic E-state index is 0.988. The van der Waals surface area contributed by atoms with Crippen LogP contribution in [0.15, 0.2) is 84.9 Å². The predicted molar refractivity (Wildman–Crippen MR) is 138 cm³/mol. The summed E-state index contributed by atoms with van der Waals surface area (Å²) >= 11 is 0. The van der Waals surface area contributed by atoms with Crippen LogP contribution in [0.4, 0.5) is 0 Å². The summed E-state index contributed by atoms with van der Waals surface area (Å²) in [6.07, 6.45) is 4.16. The zero-order valence-electron chi connectivity index (χ0n) is 19.9. The zero-order chi connectivity index (χ0) is 22.5. The Kier molecular flexibility index (Phi) is 6.90. The lowest BCUT2D eigenvalue weighted by atomic mass is 9.94. The van der Waals surface area contributed by atoms with Crippen molar-refractivity contribution in [3.63, 3.8) is 0 Å². The first-order valence-electron chi connectivity index (χ1n) is 11.7. The topological polar surface area (TPSA) is 0 Å². The summed E-state index contributed by atoms with van der Waals surface area (Å²) in [7, 11) is 0. The Hall–Kier alpha value is -3.12. The van der Waals surface area contributed by atoms with E-state index in [4.69, 9.17) is 0 Å². The van der Waals surface area contributed by atoms with E-state index in [2.05, 4.69) is 113 Å². The quantitative estimate of drug-likeness (QED) is 0.286. The number of hydrogen-bond acceptors (Lipinski definition) is 0. The molecule has 0 aromatic heterocycles. The molecule has 4 aromatic carbocycles. The van der Waals surface area contributed by atoms with Gasteiger partial charge in [0.25, 0.3) is 0 Å². The third-order valence-electron chi connectivity index (χ3n) is 6.04. The summed E-state index contributed by atoms with van der Waals surface area (Å²) in [5.74, 6) is 0. The van der Waals surface area contributed by atoms with E-state index in [0.717, 1.165) is 25.7 Å². The van der Waals surface area contributed by atoms with Gasteiger partial charge in [-0.25, -0.2) is 0 Å². The second-order valence-corrected chi connectivity index (χ2v) is 9.49. The Morgan fingerprint density at radius 3 is 1.28 bits per heavy atom. The van der Waals surface area contributed by atoms with Crippen LogP contribution in [-0.4, -0.2) is 0 Å². The lowest BCUT2D eigenvalue weighted by Gasteiger charge is -2.12. The van der Waals surface area contributed by atoms with E-state index in [1.54, 1.807) is 0 Å². The Labute approximate surface area is 194 Å². The van der Waals surface area contributed by atoms with Crippen molar-refractivity contribution in [3.8, 4) is 0 Å². The van der Waals surface area contributed by atoms with Crippen molar-refractivity contribution in [1.29, 1.82) is 0 Å². The molecule has 32 heavy (non-hydrogen) atoms. The van der Waals surface area contributed by atoms with Crippen LogP contribution >= 0.6 is 0 Å². The summed E-state index contributed by atoms with van der Waals surface area (Å²) in [5.41, 5.74) is 13.9. The van der Waals surface area contributed by atoms with Crippen molar-refractivity contribution >= 4 is 0 Å². The van der Waals surface area contributed by atoms with Gasteiger partial charge in [-0.1, -0.05) is 107 Å². The summed E-state index contributed by atoms with van der Waals surface area (Å²) in [5, 5.41) is 0. The highest BCUT2D eigenvalue weighted by atomic mass is 14.1. The van der Waals surface area contributed by atoms with Gasteiger partial charge in [0.1, 0.15) is 0 Å². The van der Waals surface area contributed by atoms with Gasteiger partial charge in [-0.2, -0.15) is 0 Å². The molecule has 0 fully saturated rings. The molecule has 0 bridgehead atoms. The Balaban J connectivity index is 1.51. The zero-order valence-corrected chi connectivity index (χ0v) is 19.9. The van der Waals surface area contributed by atoms with E-state index in [1.165, 1.54) is 55.6 Å². The molecule has 0 spiro atoms. The molecule has 0 heterocycles. The third kappa shape index (κ3) is 6.20. The van der Waals surface area contributed by atoms with Gasteiger partial charge in [-0.3, -0.25) is 0 Å². The summed E-state index contributed by atoms with van der Waals surface area (Å²) in [4.78, 5) is 0. The fourth-order valence-electron chi connectivity index (χ4n) is 4.92. The van der Waals surface area contributed by atoms with Crippen molar-refractivity contribution in [1.82, 2.24) is 0 Å². The number of rotatable bonds is 7.